The highest BCUT2D eigenvalue weighted by molar-refractivity contribution is 9.10. The molecule has 3 nitrogen and oxygen atoms in total. The van der Waals surface area contributed by atoms with Crippen LogP contribution < -0.4 is 9.47 Å². The Morgan fingerprint density at radius 2 is 2.05 bits per heavy atom. The number of hydrogen-bond donors (Lipinski definition) is 0. The molecule has 2 aromatic carbocycles. The second kappa shape index (κ2) is 6.77. The standard InChI is InChI=1S/C15H12BrClO3/c1-19-14-6-5-11(16)7-10(14)9-20-15-4-2-3-13(17)12(15)8-18/h2-8H,9H2,1H3. The van der Waals surface area contributed by atoms with E-state index >= 15 is 0 Å². The molecule has 0 aromatic heterocycles. The molecule has 0 aliphatic heterocycles. The summed E-state index contributed by atoms with van der Waals surface area (Å²) in [6, 6.07) is 10.7. The molecule has 0 unspecified atom stereocenters. The maximum atomic E-state index is 11.0. The molecule has 2 aromatic rings. The van der Waals surface area contributed by atoms with Gasteiger partial charge in [0.25, 0.3) is 0 Å². The number of ether oxygens (including phenoxy) is 2. The average molecular weight is 356 g/mol. The highest BCUT2D eigenvalue weighted by Gasteiger charge is 2.09. The van der Waals surface area contributed by atoms with Crippen molar-refractivity contribution in [3.8, 4) is 11.5 Å². The summed E-state index contributed by atoms with van der Waals surface area (Å²) in [6.07, 6.45) is 0.690. The SMILES string of the molecule is COc1ccc(Br)cc1COc1cccc(Cl)c1C=O. The van der Waals surface area contributed by atoms with Crippen molar-refractivity contribution in [2.75, 3.05) is 7.11 Å². The van der Waals surface area contributed by atoms with Crippen molar-refractivity contribution in [3.63, 3.8) is 0 Å². The predicted octanol–water partition coefficient (Wildman–Crippen LogP) is 4.50. The molecule has 0 heterocycles. The maximum Gasteiger partial charge on any atom is 0.155 e. The van der Waals surface area contributed by atoms with Crippen LogP contribution in [0.4, 0.5) is 0 Å². The monoisotopic (exact) mass is 354 g/mol. The first kappa shape index (κ1) is 14.9. The summed E-state index contributed by atoms with van der Waals surface area (Å²) in [5.41, 5.74) is 1.22. The molecule has 0 spiro atoms. The lowest BCUT2D eigenvalue weighted by atomic mass is 10.2. The second-order valence-electron chi connectivity index (χ2n) is 4.01. The van der Waals surface area contributed by atoms with Crippen LogP contribution >= 0.6 is 27.5 Å². The number of aldehydes is 1. The number of benzene rings is 2. The summed E-state index contributed by atoms with van der Waals surface area (Å²) in [7, 11) is 1.60. The predicted molar refractivity (Wildman–Crippen MR) is 81.9 cm³/mol. The molecule has 0 aliphatic carbocycles. The molecule has 0 saturated heterocycles. The first-order valence-corrected chi connectivity index (χ1v) is 7.01. The maximum absolute atomic E-state index is 11.0. The molecule has 0 fully saturated rings. The molecule has 0 saturated carbocycles. The Balaban J connectivity index is 2.23. The molecule has 20 heavy (non-hydrogen) atoms. The zero-order valence-corrected chi connectivity index (χ0v) is 13.1. The van der Waals surface area contributed by atoms with Crippen LogP contribution in [0, 0.1) is 0 Å². The Morgan fingerprint density at radius 1 is 1.25 bits per heavy atom. The summed E-state index contributed by atoms with van der Waals surface area (Å²) in [4.78, 5) is 11.0. The number of carbonyl (C=O) groups is 1. The van der Waals surface area contributed by atoms with Gasteiger partial charge in [-0.05, 0) is 30.3 Å². The van der Waals surface area contributed by atoms with Gasteiger partial charge in [0.05, 0.1) is 17.7 Å². The van der Waals surface area contributed by atoms with E-state index in [0.717, 1.165) is 15.8 Å². The Kier molecular flexibility index (Phi) is 5.04. The van der Waals surface area contributed by atoms with Crippen LogP contribution in [0.5, 0.6) is 11.5 Å². The molecule has 5 heteroatoms. The third-order valence-corrected chi connectivity index (χ3v) is 3.58. The molecular formula is C15H12BrClO3. The van der Waals surface area contributed by atoms with E-state index in [1.54, 1.807) is 25.3 Å². The van der Waals surface area contributed by atoms with Crippen molar-refractivity contribution < 1.29 is 14.3 Å². The van der Waals surface area contributed by atoms with Crippen molar-refractivity contribution >= 4 is 33.8 Å². The molecule has 0 radical (unpaired) electrons. The number of methoxy groups -OCH3 is 1. The van der Waals surface area contributed by atoms with Crippen LogP contribution in [0.15, 0.2) is 40.9 Å². The molecule has 0 atom stereocenters. The summed E-state index contributed by atoms with van der Waals surface area (Å²) in [6.45, 7) is 0.282. The Labute approximate surface area is 130 Å². The fourth-order valence-corrected chi connectivity index (χ4v) is 2.39. The van der Waals surface area contributed by atoms with Gasteiger partial charge in [-0.2, -0.15) is 0 Å². The van der Waals surface area contributed by atoms with Gasteiger partial charge in [0.2, 0.25) is 0 Å². The number of halogens is 2. The van der Waals surface area contributed by atoms with Gasteiger partial charge in [0.15, 0.2) is 6.29 Å². The van der Waals surface area contributed by atoms with E-state index in [1.165, 1.54) is 0 Å². The van der Waals surface area contributed by atoms with Gasteiger partial charge in [-0.15, -0.1) is 0 Å². The van der Waals surface area contributed by atoms with Crippen molar-refractivity contribution in [1.29, 1.82) is 0 Å². The van der Waals surface area contributed by atoms with Gasteiger partial charge in [-0.3, -0.25) is 4.79 Å². The topological polar surface area (TPSA) is 35.5 Å². The smallest absolute Gasteiger partial charge is 0.155 e. The number of rotatable bonds is 5. The minimum Gasteiger partial charge on any atom is -0.496 e. The second-order valence-corrected chi connectivity index (χ2v) is 5.34. The molecule has 0 amide bonds. The molecule has 0 N–H and O–H groups in total. The van der Waals surface area contributed by atoms with Crippen LogP contribution in [0.1, 0.15) is 15.9 Å². The molecule has 0 aliphatic rings. The summed E-state index contributed by atoms with van der Waals surface area (Å²) < 4.78 is 11.9. The normalized spacial score (nSPS) is 10.2. The van der Waals surface area contributed by atoms with E-state index in [2.05, 4.69) is 15.9 Å². The van der Waals surface area contributed by atoms with Crippen molar-refractivity contribution in [1.82, 2.24) is 0 Å². The fraction of sp³-hybridized carbons (Fsp3) is 0.133. The van der Waals surface area contributed by atoms with E-state index < -0.39 is 0 Å². The lowest BCUT2D eigenvalue weighted by molar-refractivity contribution is 0.111. The van der Waals surface area contributed by atoms with E-state index in [-0.39, 0.29) is 6.61 Å². The Hall–Kier alpha value is -1.52. The third kappa shape index (κ3) is 3.32. The minimum absolute atomic E-state index is 0.282. The quantitative estimate of drug-likeness (QED) is 0.741. The average Bonchev–Trinajstić information content (AvgIpc) is 2.45. The molecule has 0 bridgehead atoms. The first-order chi connectivity index (χ1) is 9.65. The van der Waals surface area contributed by atoms with Gasteiger partial charge in [-0.25, -0.2) is 0 Å². The third-order valence-electron chi connectivity index (χ3n) is 2.76. The largest absolute Gasteiger partial charge is 0.496 e. The van der Waals surface area contributed by atoms with Crippen molar-refractivity contribution in [3.05, 3.63) is 57.0 Å². The van der Waals surface area contributed by atoms with Gasteiger partial charge >= 0.3 is 0 Å². The summed E-state index contributed by atoms with van der Waals surface area (Å²) >= 11 is 9.35. The molecule has 104 valence electrons. The van der Waals surface area contributed by atoms with Gasteiger partial charge in [-0.1, -0.05) is 33.6 Å². The lowest BCUT2D eigenvalue weighted by Gasteiger charge is -2.12. The Bertz CT molecular complexity index is 629. The van der Waals surface area contributed by atoms with Crippen LogP contribution in [-0.4, -0.2) is 13.4 Å². The molecular weight excluding hydrogens is 344 g/mol. The lowest BCUT2D eigenvalue weighted by Crippen LogP contribution is -2.01. The highest BCUT2D eigenvalue weighted by atomic mass is 79.9. The minimum atomic E-state index is 0.282. The number of carbonyl (C=O) groups excluding carboxylic acids is 1. The van der Waals surface area contributed by atoms with Crippen molar-refractivity contribution in [2.45, 2.75) is 6.61 Å². The van der Waals surface area contributed by atoms with Crippen LogP contribution in [-0.2, 0) is 6.61 Å². The van der Waals surface area contributed by atoms with E-state index in [4.69, 9.17) is 21.1 Å². The van der Waals surface area contributed by atoms with Gasteiger partial charge in [0.1, 0.15) is 18.1 Å². The zero-order chi connectivity index (χ0) is 14.5. The van der Waals surface area contributed by atoms with E-state index in [0.29, 0.717) is 22.6 Å². The first-order valence-electron chi connectivity index (χ1n) is 5.84. The Morgan fingerprint density at radius 3 is 2.75 bits per heavy atom. The highest BCUT2D eigenvalue weighted by Crippen LogP contribution is 2.28. The summed E-state index contributed by atoms with van der Waals surface area (Å²) in [5, 5.41) is 0.374. The number of hydrogen-bond acceptors (Lipinski definition) is 3. The van der Waals surface area contributed by atoms with E-state index in [9.17, 15) is 4.79 Å². The van der Waals surface area contributed by atoms with Crippen LogP contribution in [0.2, 0.25) is 5.02 Å². The van der Waals surface area contributed by atoms with Crippen LogP contribution in [0.25, 0.3) is 0 Å². The van der Waals surface area contributed by atoms with Gasteiger partial charge < -0.3 is 9.47 Å². The van der Waals surface area contributed by atoms with E-state index in [1.807, 2.05) is 18.2 Å². The van der Waals surface area contributed by atoms with Crippen LogP contribution in [0.3, 0.4) is 0 Å². The zero-order valence-electron chi connectivity index (χ0n) is 10.7. The van der Waals surface area contributed by atoms with Crippen molar-refractivity contribution in [2.24, 2.45) is 0 Å². The van der Waals surface area contributed by atoms with Gasteiger partial charge in [0, 0.05) is 10.0 Å². The summed E-state index contributed by atoms with van der Waals surface area (Å²) in [5.74, 6) is 1.18. The molecule has 2 rings (SSSR count). The fourth-order valence-electron chi connectivity index (χ4n) is 1.77.